The van der Waals surface area contributed by atoms with Crippen molar-refractivity contribution in [3.63, 3.8) is 0 Å². The molecule has 0 aromatic heterocycles. The Hall–Kier alpha value is -1.28. The van der Waals surface area contributed by atoms with Gasteiger partial charge in [0.15, 0.2) is 0 Å². The lowest BCUT2D eigenvalue weighted by molar-refractivity contribution is 0.0635. The van der Waals surface area contributed by atoms with E-state index in [1.807, 2.05) is 12.1 Å². The van der Waals surface area contributed by atoms with Gasteiger partial charge in [-0.05, 0) is 43.9 Å². The van der Waals surface area contributed by atoms with Crippen molar-refractivity contribution in [1.82, 2.24) is 4.90 Å². The lowest BCUT2D eigenvalue weighted by atomic mass is 9.97. The monoisotopic (exact) mass is 261 g/mol. The number of carbonyl (C=O) groups excluding carboxylic acids is 1. The fourth-order valence-corrected chi connectivity index (χ4v) is 3.40. The maximum Gasteiger partial charge on any atom is 0.254 e. The van der Waals surface area contributed by atoms with Gasteiger partial charge in [-0.15, -0.1) is 0 Å². The minimum absolute atomic E-state index is 0.123. The molecule has 2 nitrogen and oxygen atoms in total. The first-order valence-corrected chi connectivity index (χ1v) is 6.78. The predicted molar refractivity (Wildman–Crippen MR) is 72.8 cm³/mol. The van der Waals surface area contributed by atoms with Crippen molar-refractivity contribution in [2.45, 2.75) is 37.8 Å². The van der Waals surface area contributed by atoms with Crippen LogP contribution in [0.5, 0.6) is 0 Å². The second-order valence-corrected chi connectivity index (χ2v) is 5.70. The summed E-state index contributed by atoms with van der Waals surface area (Å²) < 4.78 is 0. The molecule has 2 saturated heterocycles. The smallest absolute Gasteiger partial charge is 0.254 e. The molecule has 1 aromatic rings. The zero-order valence-corrected chi connectivity index (χ0v) is 11.0. The average Bonchev–Trinajstić information content (AvgIpc) is 2.61. The van der Waals surface area contributed by atoms with Crippen LogP contribution in [0.25, 0.3) is 0 Å². The van der Waals surface area contributed by atoms with Crippen molar-refractivity contribution in [2.24, 2.45) is 0 Å². The molecule has 2 fully saturated rings. The molecule has 1 amide bonds. The number of rotatable bonds is 1. The van der Waals surface area contributed by atoms with Gasteiger partial charge in [0.25, 0.3) is 5.91 Å². The molecule has 2 aliphatic rings. The van der Waals surface area contributed by atoms with Gasteiger partial charge in [0.2, 0.25) is 0 Å². The van der Waals surface area contributed by atoms with E-state index >= 15 is 0 Å². The Morgan fingerprint density at radius 1 is 1.28 bits per heavy atom. The number of hydrogen-bond donors (Lipinski definition) is 0. The molecule has 3 rings (SSSR count). The molecule has 3 heteroatoms. The van der Waals surface area contributed by atoms with Crippen molar-refractivity contribution >= 4 is 17.5 Å². The Kier molecular flexibility index (Phi) is 2.90. The SMILES string of the molecule is C=C1CC2CCC(C1)N2C(=O)c1cccc(Cl)c1. The lowest BCUT2D eigenvalue weighted by Crippen LogP contribution is -2.44. The molecule has 0 N–H and O–H groups in total. The van der Waals surface area contributed by atoms with E-state index in [0.717, 1.165) is 25.7 Å². The third kappa shape index (κ3) is 1.95. The molecule has 0 spiro atoms. The average molecular weight is 262 g/mol. The highest BCUT2D eigenvalue weighted by molar-refractivity contribution is 6.30. The minimum Gasteiger partial charge on any atom is -0.332 e. The Morgan fingerprint density at radius 2 is 1.94 bits per heavy atom. The fourth-order valence-electron chi connectivity index (χ4n) is 3.21. The van der Waals surface area contributed by atoms with Crippen molar-refractivity contribution in [3.8, 4) is 0 Å². The quantitative estimate of drug-likeness (QED) is 0.707. The first kappa shape index (κ1) is 11.8. The van der Waals surface area contributed by atoms with Gasteiger partial charge < -0.3 is 4.90 Å². The summed E-state index contributed by atoms with van der Waals surface area (Å²) in [4.78, 5) is 14.6. The van der Waals surface area contributed by atoms with E-state index in [4.69, 9.17) is 11.6 Å². The van der Waals surface area contributed by atoms with Crippen LogP contribution in [0.2, 0.25) is 5.02 Å². The van der Waals surface area contributed by atoms with E-state index in [1.54, 1.807) is 12.1 Å². The van der Waals surface area contributed by atoms with Gasteiger partial charge in [0.05, 0.1) is 0 Å². The largest absolute Gasteiger partial charge is 0.332 e. The van der Waals surface area contributed by atoms with Gasteiger partial charge in [0, 0.05) is 22.7 Å². The van der Waals surface area contributed by atoms with Crippen LogP contribution in [0.3, 0.4) is 0 Å². The number of benzene rings is 1. The molecule has 0 saturated carbocycles. The van der Waals surface area contributed by atoms with Crippen LogP contribution < -0.4 is 0 Å². The first-order valence-electron chi connectivity index (χ1n) is 6.40. The van der Waals surface area contributed by atoms with Crippen molar-refractivity contribution in [2.75, 3.05) is 0 Å². The number of nitrogens with zero attached hydrogens (tertiary/aromatic N) is 1. The van der Waals surface area contributed by atoms with Crippen LogP contribution in [0.4, 0.5) is 0 Å². The number of halogens is 1. The molecule has 1 aromatic carbocycles. The summed E-state index contributed by atoms with van der Waals surface area (Å²) in [5, 5.41) is 0.620. The van der Waals surface area contributed by atoms with Crippen LogP contribution in [0.1, 0.15) is 36.0 Å². The van der Waals surface area contributed by atoms with Gasteiger partial charge in [-0.3, -0.25) is 4.79 Å². The molecule has 2 aliphatic heterocycles. The highest BCUT2D eigenvalue weighted by Crippen LogP contribution is 2.38. The topological polar surface area (TPSA) is 20.3 Å². The summed E-state index contributed by atoms with van der Waals surface area (Å²) in [6.07, 6.45) is 4.14. The molecule has 2 unspecified atom stereocenters. The maximum atomic E-state index is 12.6. The second-order valence-electron chi connectivity index (χ2n) is 5.27. The molecule has 2 bridgehead atoms. The Morgan fingerprint density at radius 3 is 2.56 bits per heavy atom. The van der Waals surface area contributed by atoms with Gasteiger partial charge in [-0.25, -0.2) is 0 Å². The molecule has 0 radical (unpaired) electrons. The number of piperidine rings is 1. The van der Waals surface area contributed by atoms with Crippen LogP contribution >= 0.6 is 11.6 Å². The molecular weight excluding hydrogens is 246 g/mol. The van der Waals surface area contributed by atoms with E-state index < -0.39 is 0 Å². The van der Waals surface area contributed by atoms with Crippen LogP contribution in [0.15, 0.2) is 36.4 Å². The van der Waals surface area contributed by atoms with Crippen molar-refractivity contribution < 1.29 is 4.79 Å². The molecule has 94 valence electrons. The van der Waals surface area contributed by atoms with Crippen molar-refractivity contribution in [3.05, 3.63) is 47.0 Å². The highest BCUT2D eigenvalue weighted by atomic mass is 35.5. The standard InChI is InChI=1S/C15H16ClNO/c1-10-7-13-5-6-14(8-10)17(13)15(18)11-3-2-4-12(16)9-11/h2-4,9,13-14H,1,5-8H2. The molecule has 0 aliphatic carbocycles. The maximum absolute atomic E-state index is 12.6. The Bertz CT molecular complexity index is 495. The minimum atomic E-state index is 0.123. The van der Waals surface area contributed by atoms with Gasteiger partial charge in [-0.2, -0.15) is 0 Å². The number of amides is 1. The molecule has 2 atom stereocenters. The first-order chi connectivity index (χ1) is 8.65. The van der Waals surface area contributed by atoms with Gasteiger partial charge in [0.1, 0.15) is 0 Å². The zero-order chi connectivity index (χ0) is 12.7. The summed E-state index contributed by atoms with van der Waals surface area (Å²) in [5.41, 5.74) is 1.99. The van der Waals surface area contributed by atoms with Gasteiger partial charge in [-0.1, -0.05) is 29.8 Å². The van der Waals surface area contributed by atoms with E-state index in [9.17, 15) is 4.79 Å². The van der Waals surface area contributed by atoms with Crippen LogP contribution in [-0.2, 0) is 0 Å². The fraction of sp³-hybridized carbons (Fsp3) is 0.400. The highest BCUT2D eigenvalue weighted by Gasteiger charge is 2.40. The molecule has 18 heavy (non-hydrogen) atoms. The van der Waals surface area contributed by atoms with E-state index in [-0.39, 0.29) is 5.91 Å². The lowest BCUT2D eigenvalue weighted by Gasteiger charge is -2.36. The van der Waals surface area contributed by atoms with Crippen molar-refractivity contribution in [1.29, 1.82) is 0 Å². The normalized spacial score (nSPS) is 26.5. The number of carbonyl (C=O) groups is 1. The van der Waals surface area contributed by atoms with Crippen LogP contribution in [0, 0.1) is 0 Å². The summed E-state index contributed by atoms with van der Waals surface area (Å²) in [6, 6.07) is 7.93. The predicted octanol–water partition coefficient (Wildman–Crippen LogP) is 3.66. The summed E-state index contributed by atoms with van der Waals surface area (Å²) in [5.74, 6) is 0.123. The molecule has 2 heterocycles. The Labute approximate surface area is 112 Å². The number of hydrogen-bond acceptors (Lipinski definition) is 1. The van der Waals surface area contributed by atoms with Gasteiger partial charge >= 0.3 is 0 Å². The summed E-state index contributed by atoms with van der Waals surface area (Å²) in [7, 11) is 0. The summed E-state index contributed by atoms with van der Waals surface area (Å²) >= 11 is 5.95. The Balaban J connectivity index is 1.88. The van der Waals surface area contributed by atoms with E-state index in [0.29, 0.717) is 22.7 Å². The zero-order valence-electron chi connectivity index (χ0n) is 10.2. The molecular formula is C15H16ClNO. The van der Waals surface area contributed by atoms with E-state index in [2.05, 4.69) is 11.5 Å². The summed E-state index contributed by atoms with van der Waals surface area (Å²) in [6.45, 7) is 4.08. The van der Waals surface area contributed by atoms with Crippen LogP contribution in [-0.4, -0.2) is 22.9 Å². The third-order valence-corrected chi connectivity index (χ3v) is 4.21. The van der Waals surface area contributed by atoms with E-state index in [1.165, 1.54) is 5.57 Å². The number of fused-ring (bicyclic) bond motifs is 2. The third-order valence-electron chi connectivity index (χ3n) is 3.97. The second kappa shape index (κ2) is 4.43.